The first-order chi connectivity index (χ1) is 10.1. The average Bonchev–Trinajstić information content (AvgIpc) is 2.76. The molecule has 2 aliphatic rings. The molecule has 0 radical (unpaired) electrons. The molecule has 0 N–H and O–H groups in total. The summed E-state index contributed by atoms with van der Waals surface area (Å²) in [6.45, 7) is 3.07. The van der Waals surface area contributed by atoms with E-state index in [2.05, 4.69) is 27.8 Å². The van der Waals surface area contributed by atoms with E-state index in [9.17, 15) is 9.59 Å². The second-order valence-corrected chi connectivity index (χ2v) is 6.76. The fourth-order valence-electron chi connectivity index (χ4n) is 3.32. The molecule has 0 aliphatic carbocycles. The first kappa shape index (κ1) is 14.7. The summed E-state index contributed by atoms with van der Waals surface area (Å²) in [5.74, 6) is -0.166. The number of rotatable bonds is 2. The summed E-state index contributed by atoms with van der Waals surface area (Å²) in [5.41, 5.74) is 0.667. The molecular formula is C16H19BrN2O2. The zero-order chi connectivity index (χ0) is 15.0. The van der Waals surface area contributed by atoms with Crippen LogP contribution in [0.15, 0.2) is 28.7 Å². The van der Waals surface area contributed by atoms with E-state index in [1.165, 1.54) is 11.3 Å². The summed E-state index contributed by atoms with van der Waals surface area (Å²) in [5, 5.41) is 0. The van der Waals surface area contributed by atoms with Gasteiger partial charge in [-0.15, -0.1) is 0 Å². The largest absolute Gasteiger partial charge is 0.289 e. The van der Waals surface area contributed by atoms with Crippen molar-refractivity contribution in [2.75, 3.05) is 11.4 Å². The summed E-state index contributed by atoms with van der Waals surface area (Å²) >= 11 is 3.37. The van der Waals surface area contributed by atoms with Crippen LogP contribution < -0.4 is 4.90 Å². The van der Waals surface area contributed by atoms with E-state index >= 15 is 0 Å². The minimum Gasteiger partial charge on any atom is -0.289 e. The number of amides is 2. The predicted octanol–water partition coefficient (Wildman–Crippen LogP) is 2.96. The Morgan fingerprint density at radius 2 is 1.86 bits per heavy atom. The highest BCUT2D eigenvalue weighted by molar-refractivity contribution is 9.10. The van der Waals surface area contributed by atoms with Crippen molar-refractivity contribution >= 4 is 33.4 Å². The third-order valence-electron chi connectivity index (χ3n) is 4.46. The van der Waals surface area contributed by atoms with Crippen molar-refractivity contribution in [1.82, 2.24) is 4.90 Å². The molecule has 1 aromatic rings. The molecule has 1 aromatic carbocycles. The van der Waals surface area contributed by atoms with E-state index < -0.39 is 0 Å². The summed E-state index contributed by atoms with van der Waals surface area (Å²) in [7, 11) is 0. The number of nitrogens with zero attached hydrogens (tertiary/aromatic N) is 2. The lowest BCUT2D eigenvalue weighted by atomic mass is 10.0. The van der Waals surface area contributed by atoms with Crippen LogP contribution in [0.2, 0.25) is 0 Å². The summed E-state index contributed by atoms with van der Waals surface area (Å²) in [6.07, 6.45) is 3.74. The topological polar surface area (TPSA) is 40.6 Å². The third-order valence-corrected chi connectivity index (χ3v) is 4.99. The van der Waals surface area contributed by atoms with Crippen LogP contribution in [0.25, 0.3) is 0 Å². The molecule has 0 aromatic heterocycles. The van der Waals surface area contributed by atoms with Gasteiger partial charge in [0.2, 0.25) is 5.91 Å². The highest BCUT2D eigenvalue weighted by Crippen LogP contribution is 2.30. The van der Waals surface area contributed by atoms with E-state index in [0.717, 1.165) is 23.9 Å². The lowest BCUT2D eigenvalue weighted by molar-refractivity contribution is -0.123. The highest BCUT2D eigenvalue weighted by atomic mass is 79.9. The standard InChI is InChI=1S/C16H19BrN2O2/c1-11-4-2-3-9-18(11)14-10-15(20)19(16(14)21)13-7-5-12(17)6-8-13/h5-8,11,14H,2-4,9-10H2,1H3/t11-,14-/m1/s1. The van der Waals surface area contributed by atoms with Gasteiger partial charge in [-0.25, -0.2) is 4.90 Å². The van der Waals surface area contributed by atoms with Crippen LogP contribution in [-0.2, 0) is 9.59 Å². The van der Waals surface area contributed by atoms with Gasteiger partial charge in [0.1, 0.15) is 0 Å². The zero-order valence-corrected chi connectivity index (χ0v) is 13.7. The molecule has 2 amide bonds. The quantitative estimate of drug-likeness (QED) is 0.770. The predicted molar refractivity (Wildman–Crippen MR) is 85.1 cm³/mol. The monoisotopic (exact) mass is 350 g/mol. The first-order valence-corrected chi connectivity index (χ1v) is 8.25. The number of piperidine rings is 1. The number of hydrogen-bond donors (Lipinski definition) is 0. The van der Waals surface area contributed by atoms with Gasteiger partial charge in [-0.05, 0) is 50.6 Å². The van der Waals surface area contributed by atoms with Crippen molar-refractivity contribution in [2.24, 2.45) is 0 Å². The number of carbonyl (C=O) groups excluding carboxylic acids is 2. The maximum absolute atomic E-state index is 12.7. The fraction of sp³-hybridized carbons (Fsp3) is 0.500. The van der Waals surface area contributed by atoms with E-state index in [0.29, 0.717) is 18.2 Å². The Morgan fingerprint density at radius 1 is 1.14 bits per heavy atom. The maximum atomic E-state index is 12.7. The number of halogens is 1. The minimum absolute atomic E-state index is 0.0731. The molecule has 21 heavy (non-hydrogen) atoms. The van der Waals surface area contributed by atoms with Crippen molar-refractivity contribution in [3.63, 3.8) is 0 Å². The molecule has 0 unspecified atom stereocenters. The second-order valence-electron chi connectivity index (χ2n) is 5.85. The number of hydrogen-bond acceptors (Lipinski definition) is 3. The van der Waals surface area contributed by atoms with Crippen molar-refractivity contribution < 1.29 is 9.59 Å². The Kier molecular flexibility index (Phi) is 4.13. The zero-order valence-electron chi connectivity index (χ0n) is 12.1. The van der Waals surface area contributed by atoms with Crippen molar-refractivity contribution in [3.05, 3.63) is 28.7 Å². The lowest BCUT2D eigenvalue weighted by Crippen LogP contribution is -2.48. The van der Waals surface area contributed by atoms with Crippen LogP contribution in [0.3, 0.4) is 0 Å². The smallest absolute Gasteiger partial charge is 0.251 e. The van der Waals surface area contributed by atoms with Gasteiger partial charge < -0.3 is 0 Å². The van der Waals surface area contributed by atoms with Gasteiger partial charge in [-0.2, -0.15) is 0 Å². The Bertz CT molecular complexity index is 558. The second kappa shape index (κ2) is 5.89. The van der Waals surface area contributed by atoms with Crippen LogP contribution in [0.5, 0.6) is 0 Å². The van der Waals surface area contributed by atoms with Crippen molar-refractivity contribution in [2.45, 2.75) is 44.7 Å². The van der Waals surface area contributed by atoms with Crippen molar-refractivity contribution in [3.8, 4) is 0 Å². The van der Waals surface area contributed by atoms with Crippen LogP contribution in [0.1, 0.15) is 32.6 Å². The van der Waals surface area contributed by atoms with Gasteiger partial charge in [-0.1, -0.05) is 22.4 Å². The Labute approximate surface area is 133 Å². The lowest BCUT2D eigenvalue weighted by Gasteiger charge is -2.36. The molecule has 3 rings (SSSR count). The van der Waals surface area contributed by atoms with E-state index in [-0.39, 0.29) is 17.9 Å². The van der Waals surface area contributed by atoms with Gasteiger partial charge >= 0.3 is 0 Å². The van der Waals surface area contributed by atoms with Gasteiger partial charge in [0, 0.05) is 10.5 Å². The molecule has 2 saturated heterocycles. The molecule has 0 spiro atoms. The van der Waals surface area contributed by atoms with Gasteiger partial charge in [0.15, 0.2) is 0 Å². The number of imide groups is 1. The molecule has 5 heteroatoms. The SMILES string of the molecule is C[C@@H]1CCCCN1[C@@H]1CC(=O)N(c2ccc(Br)cc2)C1=O. The molecule has 2 fully saturated rings. The van der Waals surface area contributed by atoms with Gasteiger partial charge in [-0.3, -0.25) is 14.5 Å². The van der Waals surface area contributed by atoms with E-state index in [4.69, 9.17) is 0 Å². The number of benzene rings is 1. The molecule has 0 bridgehead atoms. The van der Waals surface area contributed by atoms with Crippen LogP contribution in [-0.4, -0.2) is 35.3 Å². The minimum atomic E-state index is -0.281. The summed E-state index contributed by atoms with van der Waals surface area (Å²) in [4.78, 5) is 28.6. The van der Waals surface area contributed by atoms with Crippen LogP contribution >= 0.6 is 15.9 Å². The highest BCUT2D eigenvalue weighted by Gasteiger charge is 2.44. The fourth-order valence-corrected chi connectivity index (χ4v) is 3.58. The maximum Gasteiger partial charge on any atom is 0.251 e. The molecule has 4 nitrogen and oxygen atoms in total. The Hall–Kier alpha value is -1.20. The van der Waals surface area contributed by atoms with Gasteiger partial charge in [0.05, 0.1) is 18.2 Å². The van der Waals surface area contributed by atoms with Crippen LogP contribution in [0, 0.1) is 0 Å². The molecule has 2 aliphatic heterocycles. The normalized spacial score (nSPS) is 27.4. The third kappa shape index (κ3) is 2.77. The van der Waals surface area contributed by atoms with Crippen LogP contribution in [0.4, 0.5) is 5.69 Å². The summed E-state index contributed by atoms with van der Waals surface area (Å²) < 4.78 is 0.937. The first-order valence-electron chi connectivity index (χ1n) is 7.46. The molecule has 2 atom stereocenters. The Balaban J connectivity index is 1.83. The van der Waals surface area contributed by atoms with Crippen molar-refractivity contribution in [1.29, 1.82) is 0 Å². The number of likely N-dealkylation sites (tertiary alicyclic amines) is 1. The average molecular weight is 351 g/mol. The Morgan fingerprint density at radius 3 is 2.52 bits per heavy atom. The molecule has 112 valence electrons. The summed E-state index contributed by atoms with van der Waals surface area (Å²) in [6, 6.07) is 7.42. The van der Waals surface area contributed by atoms with E-state index in [1.807, 2.05) is 24.3 Å². The molecular weight excluding hydrogens is 332 g/mol. The number of carbonyl (C=O) groups is 2. The van der Waals surface area contributed by atoms with E-state index in [1.54, 1.807) is 0 Å². The number of anilines is 1. The molecule has 2 heterocycles. The molecule has 0 saturated carbocycles. The van der Waals surface area contributed by atoms with Gasteiger partial charge in [0.25, 0.3) is 5.91 Å².